The van der Waals surface area contributed by atoms with Gasteiger partial charge in [-0.05, 0) is 94.6 Å². The summed E-state index contributed by atoms with van der Waals surface area (Å²) >= 11 is 0. The first kappa shape index (κ1) is 37.8. The number of nitrogens with one attached hydrogen (secondary N) is 2. The molecule has 4 atom stereocenters. The normalized spacial score (nSPS) is 20.1. The van der Waals surface area contributed by atoms with Crippen LogP contribution in [-0.4, -0.2) is 86.3 Å². The number of ether oxygens (including phenoxy) is 2. The number of rotatable bonds is 8. The van der Waals surface area contributed by atoms with Crippen LogP contribution in [0.2, 0.25) is 0 Å². The zero-order valence-corrected chi connectivity index (χ0v) is 29.5. The summed E-state index contributed by atoms with van der Waals surface area (Å²) < 4.78 is 54.1. The Morgan fingerprint density at radius 3 is 2.37 bits per heavy atom. The maximum atomic E-state index is 14.3. The molecule has 11 nitrogen and oxygen atoms in total. The van der Waals surface area contributed by atoms with Crippen LogP contribution in [-0.2, 0) is 14.8 Å². The smallest absolute Gasteiger partial charge is 0.323 e. The Labute approximate surface area is 288 Å². The molecular weight excluding hydrogens is 651 g/mol. The third-order valence-corrected chi connectivity index (χ3v) is 10.4. The maximum Gasteiger partial charge on any atom is 0.323 e. The Hall–Kier alpha value is -4.04. The first-order valence-corrected chi connectivity index (χ1v) is 17.9. The second-order valence-corrected chi connectivity index (χ2v) is 14.7. The summed E-state index contributed by atoms with van der Waals surface area (Å²) in [7, 11) is -2.29. The van der Waals surface area contributed by atoms with E-state index < -0.39 is 39.9 Å². The van der Waals surface area contributed by atoms with Crippen LogP contribution in [0.3, 0.4) is 0 Å². The molecule has 13 heteroatoms. The van der Waals surface area contributed by atoms with E-state index >= 15 is 0 Å². The van der Waals surface area contributed by atoms with Crippen molar-refractivity contribution >= 4 is 33.3 Å². The number of amides is 3. The van der Waals surface area contributed by atoms with Crippen LogP contribution in [0.1, 0.15) is 56.0 Å². The monoisotopic (exact) mass is 698 g/mol. The number of likely N-dealkylation sites (N-methyl/N-ethyl adjacent to an activating group) is 1. The number of carbonyl (C=O) groups excluding carboxylic acids is 2. The maximum absolute atomic E-state index is 14.3. The average molecular weight is 699 g/mol. The van der Waals surface area contributed by atoms with Gasteiger partial charge in [0.1, 0.15) is 11.6 Å². The van der Waals surface area contributed by atoms with Crippen molar-refractivity contribution in [1.29, 1.82) is 0 Å². The van der Waals surface area contributed by atoms with Gasteiger partial charge >= 0.3 is 6.03 Å². The molecule has 1 heterocycles. The molecular formula is C36H47FN4O7S. The number of benzene rings is 3. The van der Waals surface area contributed by atoms with Crippen LogP contribution in [0, 0.1) is 18.7 Å². The van der Waals surface area contributed by atoms with Gasteiger partial charge < -0.3 is 30.1 Å². The van der Waals surface area contributed by atoms with Gasteiger partial charge in [0.2, 0.25) is 10.0 Å². The van der Waals surface area contributed by atoms with Crippen LogP contribution in [0.15, 0.2) is 71.6 Å². The minimum absolute atomic E-state index is 0.0558. The number of nitrogens with zero attached hydrogens (tertiary/aromatic N) is 2. The van der Waals surface area contributed by atoms with Gasteiger partial charge in [0, 0.05) is 44.0 Å². The molecule has 0 unspecified atom stereocenters. The molecule has 0 saturated heterocycles. The van der Waals surface area contributed by atoms with E-state index in [4.69, 9.17) is 9.47 Å². The quantitative estimate of drug-likeness (QED) is 0.267. The number of hydrogen-bond donors (Lipinski definition) is 3. The molecule has 49 heavy (non-hydrogen) atoms. The number of anilines is 2. The number of urea groups is 1. The van der Waals surface area contributed by atoms with Gasteiger partial charge in [-0.2, -0.15) is 4.31 Å². The van der Waals surface area contributed by atoms with E-state index in [1.54, 1.807) is 43.3 Å². The first-order valence-electron chi connectivity index (χ1n) is 16.5. The number of sulfonamides is 1. The molecule has 3 N–H and O–H groups in total. The lowest BCUT2D eigenvalue weighted by Gasteiger charge is -2.35. The highest BCUT2D eigenvalue weighted by atomic mass is 32.2. The van der Waals surface area contributed by atoms with Gasteiger partial charge in [-0.25, -0.2) is 17.6 Å². The number of aryl methyl sites for hydroxylation is 1. The zero-order chi connectivity index (χ0) is 35.7. The Morgan fingerprint density at radius 1 is 1.04 bits per heavy atom. The SMILES string of the molecule is Cc1ccc(S(=O)(=O)N(C)C[C@@H]2OCCCC[C@@H](C)Oc3ccc(NC(=O)Nc4ccc(F)cc4)cc3C(=O)N([C@H](C)CO)C[C@@H]2C)cc1. The van der Waals surface area contributed by atoms with Crippen molar-refractivity contribution in [2.45, 2.75) is 70.1 Å². The minimum atomic E-state index is -3.81. The Bertz CT molecular complexity index is 1670. The van der Waals surface area contributed by atoms with Crippen LogP contribution >= 0.6 is 0 Å². The lowest BCUT2D eigenvalue weighted by atomic mass is 10.0. The summed E-state index contributed by atoms with van der Waals surface area (Å²) in [6, 6.07) is 15.6. The van der Waals surface area contributed by atoms with Gasteiger partial charge in [0.25, 0.3) is 5.91 Å². The number of carbonyl (C=O) groups is 2. The second kappa shape index (κ2) is 17.1. The molecule has 3 aromatic rings. The van der Waals surface area contributed by atoms with Crippen molar-refractivity contribution in [1.82, 2.24) is 9.21 Å². The summed E-state index contributed by atoms with van der Waals surface area (Å²) in [5.74, 6) is -0.881. The van der Waals surface area contributed by atoms with Crippen molar-refractivity contribution in [3.8, 4) is 5.75 Å². The summed E-state index contributed by atoms with van der Waals surface area (Å²) in [5, 5.41) is 15.6. The zero-order valence-electron chi connectivity index (χ0n) is 28.7. The fourth-order valence-electron chi connectivity index (χ4n) is 5.53. The molecule has 3 aromatic carbocycles. The van der Waals surface area contributed by atoms with E-state index in [1.807, 2.05) is 20.8 Å². The molecule has 0 fully saturated rings. The predicted octanol–water partition coefficient (Wildman–Crippen LogP) is 5.89. The largest absolute Gasteiger partial charge is 0.490 e. The molecule has 1 aliphatic rings. The topological polar surface area (TPSA) is 138 Å². The summed E-state index contributed by atoms with van der Waals surface area (Å²) in [6.07, 6.45) is 1.36. The van der Waals surface area contributed by atoms with Crippen molar-refractivity contribution in [2.75, 3.05) is 44.0 Å². The summed E-state index contributed by atoms with van der Waals surface area (Å²) in [6.45, 7) is 7.68. The fraction of sp³-hybridized carbons (Fsp3) is 0.444. The molecule has 0 aromatic heterocycles. The molecule has 0 spiro atoms. The number of hydrogen-bond acceptors (Lipinski definition) is 7. The predicted molar refractivity (Wildman–Crippen MR) is 187 cm³/mol. The van der Waals surface area contributed by atoms with E-state index in [1.165, 1.54) is 46.6 Å². The van der Waals surface area contributed by atoms with Gasteiger partial charge in [0.15, 0.2) is 0 Å². The van der Waals surface area contributed by atoms with E-state index in [0.717, 1.165) is 18.4 Å². The minimum Gasteiger partial charge on any atom is -0.490 e. The van der Waals surface area contributed by atoms with E-state index in [-0.39, 0.29) is 42.2 Å². The highest BCUT2D eigenvalue weighted by Gasteiger charge is 2.32. The van der Waals surface area contributed by atoms with Crippen LogP contribution in [0.5, 0.6) is 5.75 Å². The molecule has 3 amide bonds. The molecule has 4 rings (SSSR count). The third-order valence-electron chi connectivity index (χ3n) is 8.58. The third kappa shape index (κ3) is 10.2. The Morgan fingerprint density at radius 2 is 1.69 bits per heavy atom. The number of aliphatic hydroxyl groups is 1. The molecule has 0 aliphatic carbocycles. The summed E-state index contributed by atoms with van der Waals surface area (Å²) in [5.41, 5.74) is 1.84. The molecule has 0 bridgehead atoms. The Kier molecular flexibility index (Phi) is 13.2. The molecule has 0 radical (unpaired) electrons. The van der Waals surface area contributed by atoms with Gasteiger partial charge in [0.05, 0.1) is 35.3 Å². The number of aliphatic hydroxyl groups excluding tert-OH is 1. The van der Waals surface area contributed by atoms with Crippen molar-refractivity contribution in [3.05, 3.63) is 83.7 Å². The van der Waals surface area contributed by atoms with Gasteiger partial charge in [-0.1, -0.05) is 24.6 Å². The average Bonchev–Trinajstić information content (AvgIpc) is 3.07. The van der Waals surface area contributed by atoms with Gasteiger partial charge in [-0.15, -0.1) is 0 Å². The molecule has 0 saturated carbocycles. The fourth-order valence-corrected chi connectivity index (χ4v) is 6.71. The Balaban J connectivity index is 1.62. The van der Waals surface area contributed by atoms with Crippen molar-refractivity contribution in [3.63, 3.8) is 0 Å². The van der Waals surface area contributed by atoms with Crippen molar-refractivity contribution in [2.24, 2.45) is 5.92 Å². The number of halogens is 1. The van der Waals surface area contributed by atoms with E-state index in [9.17, 15) is 27.5 Å². The highest BCUT2D eigenvalue weighted by molar-refractivity contribution is 7.89. The van der Waals surface area contributed by atoms with E-state index in [2.05, 4.69) is 10.6 Å². The van der Waals surface area contributed by atoms with Crippen LogP contribution < -0.4 is 15.4 Å². The first-order chi connectivity index (χ1) is 23.3. The molecule has 1 aliphatic heterocycles. The lowest BCUT2D eigenvalue weighted by molar-refractivity contribution is -0.00833. The van der Waals surface area contributed by atoms with Crippen LogP contribution in [0.25, 0.3) is 0 Å². The summed E-state index contributed by atoms with van der Waals surface area (Å²) in [4.78, 5) is 28.8. The van der Waals surface area contributed by atoms with Gasteiger partial charge in [-0.3, -0.25) is 4.79 Å². The van der Waals surface area contributed by atoms with Crippen molar-refractivity contribution < 1.29 is 37.0 Å². The van der Waals surface area contributed by atoms with Crippen LogP contribution in [0.4, 0.5) is 20.6 Å². The highest BCUT2D eigenvalue weighted by Crippen LogP contribution is 2.29. The standard InChI is InChI=1S/C36H47FN4O7S/c1-24-9-16-31(17-10-24)49(45,46)40(5)22-34-25(2)21-41(26(3)23-42)35(43)32-20-30(39-36(44)38-29-13-11-28(37)12-14-29)15-18-33(32)48-27(4)8-6-7-19-47-34/h9-18,20,25-27,34,42H,6-8,19,21-23H2,1-5H3,(H2,38,39,44)/t25-,26+,27+,34-/m0/s1. The number of fused-ring (bicyclic) bond motifs is 1. The van der Waals surface area contributed by atoms with E-state index in [0.29, 0.717) is 30.2 Å². The molecule has 266 valence electrons. The lowest BCUT2D eigenvalue weighted by Crippen LogP contribution is -2.48. The second-order valence-electron chi connectivity index (χ2n) is 12.7.